The van der Waals surface area contributed by atoms with Crippen LogP contribution in [0, 0.1) is 3.57 Å². The van der Waals surface area contributed by atoms with Gasteiger partial charge in [0.15, 0.2) is 0 Å². The van der Waals surface area contributed by atoms with Crippen LogP contribution in [0.5, 0.6) is 0 Å². The number of rotatable bonds is 3. The van der Waals surface area contributed by atoms with E-state index in [1.807, 2.05) is 24.3 Å². The summed E-state index contributed by atoms with van der Waals surface area (Å²) in [5.41, 5.74) is 1.12. The largest absolute Gasteiger partial charge is 0.353 e. The first-order valence-corrected chi connectivity index (χ1v) is 6.86. The summed E-state index contributed by atoms with van der Waals surface area (Å²) in [6.45, 7) is 0. The molecule has 0 bridgehead atoms. The molecule has 0 atom stereocenters. The normalized spacial score (nSPS) is 16.3. The van der Waals surface area contributed by atoms with E-state index in [1.54, 1.807) is 0 Å². The standard InChI is InChI=1S/C13H16INO/c14-12-8-4-1-5-10(12)9-13(16)15-11-6-2-3-7-11/h1,4-5,8,11H,2-3,6-7,9H2,(H,15,16). The molecule has 1 amide bonds. The first-order valence-electron chi connectivity index (χ1n) is 5.78. The Morgan fingerprint density at radius 1 is 1.31 bits per heavy atom. The number of halogens is 1. The van der Waals surface area contributed by atoms with Crippen LogP contribution in [-0.4, -0.2) is 11.9 Å². The van der Waals surface area contributed by atoms with Crippen molar-refractivity contribution >= 4 is 28.5 Å². The Balaban J connectivity index is 1.89. The fourth-order valence-corrected chi connectivity index (χ4v) is 2.74. The minimum absolute atomic E-state index is 0.163. The molecular formula is C13H16INO. The molecular weight excluding hydrogens is 313 g/mol. The Kier molecular flexibility index (Phi) is 4.21. The third-order valence-corrected chi connectivity index (χ3v) is 4.08. The van der Waals surface area contributed by atoms with Crippen molar-refractivity contribution < 1.29 is 4.79 Å². The van der Waals surface area contributed by atoms with Crippen molar-refractivity contribution in [3.8, 4) is 0 Å². The highest BCUT2D eigenvalue weighted by Crippen LogP contribution is 2.18. The molecule has 16 heavy (non-hydrogen) atoms. The van der Waals surface area contributed by atoms with E-state index in [0.29, 0.717) is 12.5 Å². The molecule has 0 heterocycles. The zero-order valence-corrected chi connectivity index (χ0v) is 11.4. The molecule has 1 fully saturated rings. The van der Waals surface area contributed by atoms with Crippen molar-refractivity contribution in [1.82, 2.24) is 5.32 Å². The second-order valence-electron chi connectivity index (χ2n) is 4.32. The number of nitrogens with one attached hydrogen (secondary N) is 1. The van der Waals surface area contributed by atoms with Crippen LogP contribution in [0.25, 0.3) is 0 Å². The molecule has 3 heteroatoms. The average Bonchev–Trinajstić information content (AvgIpc) is 2.74. The third kappa shape index (κ3) is 3.20. The van der Waals surface area contributed by atoms with Crippen molar-refractivity contribution in [2.24, 2.45) is 0 Å². The van der Waals surface area contributed by atoms with Gasteiger partial charge in [0.05, 0.1) is 6.42 Å². The molecule has 2 rings (SSSR count). The molecule has 0 spiro atoms. The number of carbonyl (C=O) groups excluding carboxylic acids is 1. The third-order valence-electron chi connectivity index (χ3n) is 3.03. The highest BCUT2D eigenvalue weighted by atomic mass is 127. The summed E-state index contributed by atoms with van der Waals surface area (Å²) < 4.78 is 1.17. The van der Waals surface area contributed by atoms with Crippen molar-refractivity contribution in [3.05, 3.63) is 33.4 Å². The minimum atomic E-state index is 0.163. The van der Waals surface area contributed by atoms with Crippen LogP contribution in [0.4, 0.5) is 0 Å². The van der Waals surface area contributed by atoms with Crippen LogP contribution < -0.4 is 5.32 Å². The summed E-state index contributed by atoms with van der Waals surface area (Å²) in [7, 11) is 0. The van der Waals surface area contributed by atoms with Gasteiger partial charge in [-0.1, -0.05) is 31.0 Å². The first-order chi connectivity index (χ1) is 7.75. The van der Waals surface area contributed by atoms with Crippen molar-refractivity contribution in [3.63, 3.8) is 0 Å². The average molecular weight is 329 g/mol. The molecule has 1 aliphatic carbocycles. The molecule has 0 saturated heterocycles. The lowest BCUT2D eigenvalue weighted by Gasteiger charge is -2.12. The second kappa shape index (κ2) is 5.66. The molecule has 2 nitrogen and oxygen atoms in total. The minimum Gasteiger partial charge on any atom is -0.353 e. The van der Waals surface area contributed by atoms with E-state index in [-0.39, 0.29) is 5.91 Å². The molecule has 1 aromatic carbocycles. The maximum absolute atomic E-state index is 11.8. The summed E-state index contributed by atoms with van der Waals surface area (Å²) in [5.74, 6) is 0.163. The maximum Gasteiger partial charge on any atom is 0.224 e. The van der Waals surface area contributed by atoms with Crippen LogP contribution in [0.15, 0.2) is 24.3 Å². The van der Waals surface area contributed by atoms with Gasteiger partial charge in [0.25, 0.3) is 0 Å². The summed E-state index contributed by atoms with van der Waals surface area (Å²) in [6, 6.07) is 8.48. The van der Waals surface area contributed by atoms with Crippen LogP contribution in [0.1, 0.15) is 31.2 Å². The molecule has 0 aliphatic heterocycles. The number of benzene rings is 1. The van der Waals surface area contributed by atoms with Crippen LogP contribution in [0.2, 0.25) is 0 Å². The van der Waals surface area contributed by atoms with Gasteiger partial charge in [-0.15, -0.1) is 0 Å². The number of carbonyl (C=O) groups is 1. The summed E-state index contributed by atoms with van der Waals surface area (Å²) in [5, 5.41) is 3.11. The van der Waals surface area contributed by atoms with E-state index in [4.69, 9.17) is 0 Å². The molecule has 1 aliphatic rings. The number of hydrogen-bond donors (Lipinski definition) is 1. The lowest BCUT2D eigenvalue weighted by molar-refractivity contribution is -0.121. The molecule has 0 unspecified atom stereocenters. The summed E-state index contributed by atoms with van der Waals surface area (Å²) in [6.07, 6.45) is 5.33. The van der Waals surface area contributed by atoms with Crippen molar-refractivity contribution in [2.45, 2.75) is 38.1 Å². The van der Waals surface area contributed by atoms with E-state index in [9.17, 15) is 4.79 Å². The van der Waals surface area contributed by atoms with E-state index >= 15 is 0 Å². The SMILES string of the molecule is O=C(Cc1ccccc1I)NC1CCCC1. The van der Waals surface area contributed by atoms with E-state index in [0.717, 1.165) is 18.4 Å². The Morgan fingerprint density at radius 3 is 2.69 bits per heavy atom. The highest BCUT2D eigenvalue weighted by Gasteiger charge is 2.17. The Hall–Kier alpha value is -0.580. The number of amides is 1. The second-order valence-corrected chi connectivity index (χ2v) is 5.48. The fourth-order valence-electron chi connectivity index (χ4n) is 2.16. The lowest BCUT2D eigenvalue weighted by atomic mass is 10.1. The Labute approximate surface area is 110 Å². The van der Waals surface area contributed by atoms with Gasteiger partial charge in [-0.25, -0.2) is 0 Å². The van der Waals surface area contributed by atoms with Crippen LogP contribution in [0.3, 0.4) is 0 Å². The Morgan fingerprint density at radius 2 is 2.00 bits per heavy atom. The lowest BCUT2D eigenvalue weighted by Crippen LogP contribution is -2.33. The summed E-state index contributed by atoms with van der Waals surface area (Å²) in [4.78, 5) is 11.8. The molecule has 1 N–H and O–H groups in total. The van der Waals surface area contributed by atoms with Gasteiger partial charge in [-0.3, -0.25) is 4.79 Å². The molecule has 0 aromatic heterocycles. The van der Waals surface area contributed by atoms with Gasteiger partial charge in [-0.05, 0) is 47.1 Å². The van der Waals surface area contributed by atoms with Gasteiger partial charge in [-0.2, -0.15) is 0 Å². The van der Waals surface area contributed by atoms with Crippen LogP contribution >= 0.6 is 22.6 Å². The van der Waals surface area contributed by atoms with Crippen molar-refractivity contribution in [1.29, 1.82) is 0 Å². The molecule has 1 saturated carbocycles. The van der Waals surface area contributed by atoms with Crippen LogP contribution in [-0.2, 0) is 11.2 Å². The van der Waals surface area contributed by atoms with Crippen molar-refractivity contribution in [2.75, 3.05) is 0 Å². The van der Waals surface area contributed by atoms with Gasteiger partial charge in [0.1, 0.15) is 0 Å². The molecule has 1 aromatic rings. The fraction of sp³-hybridized carbons (Fsp3) is 0.462. The first kappa shape index (κ1) is 11.9. The zero-order chi connectivity index (χ0) is 11.4. The monoisotopic (exact) mass is 329 g/mol. The van der Waals surface area contributed by atoms with E-state index < -0.39 is 0 Å². The van der Waals surface area contributed by atoms with Gasteiger partial charge < -0.3 is 5.32 Å². The van der Waals surface area contributed by atoms with Gasteiger partial charge in [0, 0.05) is 9.61 Å². The predicted octanol–water partition coefficient (Wildman–Crippen LogP) is 2.89. The molecule has 0 radical (unpaired) electrons. The smallest absolute Gasteiger partial charge is 0.224 e. The maximum atomic E-state index is 11.8. The zero-order valence-electron chi connectivity index (χ0n) is 9.21. The molecule has 86 valence electrons. The van der Waals surface area contributed by atoms with E-state index in [2.05, 4.69) is 27.9 Å². The number of hydrogen-bond acceptors (Lipinski definition) is 1. The highest BCUT2D eigenvalue weighted by molar-refractivity contribution is 14.1. The summed E-state index contributed by atoms with van der Waals surface area (Å²) >= 11 is 2.28. The topological polar surface area (TPSA) is 29.1 Å². The van der Waals surface area contributed by atoms with Gasteiger partial charge >= 0.3 is 0 Å². The predicted molar refractivity (Wildman–Crippen MR) is 73.3 cm³/mol. The Bertz CT molecular complexity index is 372. The quantitative estimate of drug-likeness (QED) is 0.849. The van der Waals surface area contributed by atoms with E-state index in [1.165, 1.54) is 16.4 Å². The van der Waals surface area contributed by atoms with Gasteiger partial charge in [0.2, 0.25) is 5.91 Å².